The molecule has 0 unspecified atom stereocenters. The molecule has 138 valence electrons. The van der Waals surface area contributed by atoms with Gasteiger partial charge in [-0.1, -0.05) is 18.9 Å². The van der Waals surface area contributed by atoms with Gasteiger partial charge in [0.25, 0.3) is 0 Å². The lowest BCUT2D eigenvalue weighted by atomic mass is 10.1. The van der Waals surface area contributed by atoms with E-state index in [-0.39, 0.29) is 18.1 Å². The summed E-state index contributed by atoms with van der Waals surface area (Å²) in [5.41, 5.74) is 5.51. The molecule has 1 aromatic heterocycles. The van der Waals surface area contributed by atoms with E-state index in [0.29, 0.717) is 18.5 Å². The summed E-state index contributed by atoms with van der Waals surface area (Å²) < 4.78 is 52.8. The molecule has 26 heavy (non-hydrogen) atoms. The molecule has 0 saturated heterocycles. The monoisotopic (exact) mass is 367 g/mol. The topological polar surface area (TPSA) is 77.8 Å². The normalized spacial score (nSPS) is 15.4. The van der Waals surface area contributed by atoms with Crippen molar-refractivity contribution in [3.8, 4) is 0 Å². The Morgan fingerprint density at radius 1 is 1.23 bits per heavy atom. The Kier molecular flexibility index (Phi) is 4.57. The fraction of sp³-hybridized carbons (Fsp3) is 0.294. The van der Waals surface area contributed by atoms with Crippen LogP contribution in [0.5, 0.6) is 0 Å². The third kappa shape index (κ3) is 3.93. The molecule has 0 atom stereocenters. The second kappa shape index (κ2) is 6.56. The molecule has 1 aliphatic carbocycles. The van der Waals surface area contributed by atoms with Crippen LogP contribution in [0.4, 0.5) is 28.9 Å². The molecule has 0 radical (unpaired) electrons. The van der Waals surface area contributed by atoms with Crippen molar-refractivity contribution in [2.75, 3.05) is 5.32 Å². The Labute approximate surface area is 146 Å². The highest BCUT2D eigenvalue weighted by atomic mass is 19.4. The first kappa shape index (κ1) is 18.1. The van der Waals surface area contributed by atoms with Gasteiger partial charge in [-0.05, 0) is 29.8 Å². The number of nitrogens with zero attached hydrogens (tertiary/aromatic N) is 1. The predicted octanol–water partition coefficient (Wildman–Crippen LogP) is 4.18. The van der Waals surface area contributed by atoms with Crippen molar-refractivity contribution in [3.63, 3.8) is 0 Å². The van der Waals surface area contributed by atoms with Crippen molar-refractivity contribution in [1.82, 2.24) is 10.3 Å². The number of carbonyl (C=O) groups is 1. The van der Waals surface area contributed by atoms with Gasteiger partial charge in [0.2, 0.25) is 5.91 Å². The molecule has 3 N–H and O–H groups in total. The summed E-state index contributed by atoms with van der Waals surface area (Å²) in [4.78, 5) is 15.7. The third-order valence-electron chi connectivity index (χ3n) is 4.03. The highest BCUT2D eigenvalue weighted by Crippen LogP contribution is 2.39. The minimum atomic E-state index is -4.70. The van der Waals surface area contributed by atoms with Crippen LogP contribution in [0.1, 0.15) is 24.1 Å². The second-order valence-electron chi connectivity index (χ2n) is 6.09. The lowest BCUT2D eigenvalue weighted by Gasteiger charge is -2.17. The van der Waals surface area contributed by atoms with Gasteiger partial charge in [-0.2, -0.15) is 13.2 Å². The van der Waals surface area contributed by atoms with Crippen LogP contribution in [0.2, 0.25) is 0 Å². The van der Waals surface area contributed by atoms with Crippen molar-refractivity contribution in [2.24, 2.45) is 0 Å². The van der Waals surface area contributed by atoms with Crippen LogP contribution in [-0.2, 0) is 17.5 Å². The molecule has 1 saturated carbocycles. The number of carbonyl (C=O) groups excluding carboxylic acids is 1. The van der Waals surface area contributed by atoms with Crippen LogP contribution in [0.15, 0.2) is 36.5 Å². The molecular formula is C17H15F4N4O-. The molecule has 1 aliphatic rings. The molecule has 2 aromatic rings. The maximum atomic E-state index is 13.8. The number of para-hydroxylation sites is 1. The maximum absolute atomic E-state index is 13.8. The summed E-state index contributed by atoms with van der Waals surface area (Å²) in [6.07, 6.45) is -2.39. The largest absolute Gasteiger partial charge is 0.664 e. The number of alkyl halides is 3. The number of amides is 1. The van der Waals surface area contributed by atoms with Gasteiger partial charge in [0.15, 0.2) is 0 Å². The zero-order valence-electron chi connectivity index (χ0n) is 13.5. The smallest absolute Gasteiger partial charge is 0.418 e. The van der Waals surface area contributed by atoms with Crippen molar-refractivity contribution in [1.29, 1.82) is 0 Å². The molecule has 9 heteroatoms. The van der Waals surface area contributed by atoms with Gasteiger partial charge in [-0.15, -0.1) is 0 Å². The number of pyridine rings is 1. The summed E-state index contributed by atoms with van der Waals surface area (Å²) >= 11 is 0. The first-order chi connectivity index (χ1) is 12.2. The maximum Gasteiger partial charge on any atom is 0.418 e. The Morgan fingerprint density at radius 3 is 2.54 bits per heavy atom. The lowest BCUT2D eigenvalue weighted by Crippen LogP contribution is -2.33. The van der Waals surface area contributed by atoms with E-state index in [9.17, 15) is 22.4 Å². The molecule has 5 nitrogen and oxygen atoms in total. The summed E-state index contributed by atoms with van der Waals surface area (Å²) in [5.74, 6) is -1.40. The van der Waals surface area contributed by atoms with Crippen LogP contribution in [0.3, 0.4) is 0 Å². The van der Waals surface area contributed by atoms with Crippen molar-refractivity contribution in [2.45, 2.75) is 31.1 Å². The van der Waals surface area contributed by atoms with Crippen molar-refractivity contribution < 1.29 is 22.4 Å². The van der Waals surface area contributed by atoms with Crippen LogP contribution >= 0.6 is 0 Å². The van der Waals surface area contributed by atoms with Gasteiger partial charge in [0.05, 0.1) is 35.4 Å². The van der Waals surface area contributed by atoms with Crippen LogP contribution in [0.25, 0.3) is 5.73 Å². The number of anilines is 2. The molecule has 0 aliphatic heterocycles. The number of hydrogen-bond donors (Lipinski definition) is 2. The van der Waals surface area contributed by atoms with Crippen LogP contribution < -0.4 is 10.6 Å². The number of rotatable bonds is 5. The SMILES string of the molecule is [NH-]C1(C(=O)NCc2ccc(Nc3c(F)cccc3C(F)(F)F)cn2)CC1. The van der Waals surface area contributed by atoms with E-state index in [2.05, 4.69) is 15.6 Å². The van der Waals surface area contributed by atoms with Gasteiger partial charge in [0.1, 0.15) is 5.82 Å². The Hall–Kier alpha value is -2.68. The summed E-state index contributed by atoms with van der Waals surface area (Å²) in [7, 11) is 0. The zero-order valence-corrected chi connectivity index (χ0v) is 13.5. The standard InChI is InChI=1S/C17H15F4N4O/c18-13-3-1-2-12(17(19,20)21)14(13)25-11-5-4-10(23-9-11)8-24-15(26)16(22)6-7-16/h1-5,9,22,25H,6-8H2,(H,24,26)/q-1. The highest BCUT2D eigenvalue weighted by Gasteiger charge is 2.37. The molecule has 1 fully saturated rings. The Morgan fingerprint density at radius 2 is 1.96 bits per heavy atom. The molecular weight excluding hydrogens is 352 g/mol. The van der Waals surface area contributed by atoms with Crippen LogP contribution in [-0.4, -0.2) is 16.4 Å². The lowest BCUT2D eigenvalue weighted by molar-refractivity contribution is -0.137. The van der Waals surface area contributed by atoms with Gasteiger partial charge >= 0.3 is 6.18 Å². The number of aromatic nitrogens is 1. The molecule has 0 bridgehead atoms. The predicted molar refractivity (Wildman–Crippen MR) is 87.1 cm³/mol. The van der Waals surface area contributed by atoms with Crippen LogP contribution in [0, 0.1) is 5.82 Å². The fourth-order valence-corrected chi connectivity index (χ4v) is 2.33. The molecule has 1 aromatic carbocycles. The molecule has 0 spiro atoms. The average Bonchev–Trinajstić information content (AvgIpc) is 3.33. The van der Waals surface area contributed by atoms with Gasteiger partial charge < -0.3 is 16.4 Å². The summed E-state index contributed by atoms with van der Waals surface area (Å²) in [6.45, 7) is 0.104. The van der Waals surface area contributed by atoms with E-state index in [1.54, 1.807) is 0 Å². The van der Waals surface area contributed by atoms with E-state index in [1.165, 1.54) is 18.3 Å². The summed E-state index contributed by atoms with van der Waals surface area (Å²) in [5, 5.41) is 4.99. The number of nitrogens with one attached hydrogen (secondary N) is 3. The Bertz CT molecular complexity index is 817. The van der Waals surface area contributed by atoms with Gasteiger partial charge in [0, 0.05) is 0 Å². The van der Waals surface area contributed by atoms with E-state index in [4.69, 9.17) is 5.73 Å². The minimum Gasteiger partial charge on any atom is -0.664 e. The van der Waals surface area contributed by atoms with Crippen molar-refractivity contribution in [3.05, 3.63) is 59.3 Å². The van der Waals surface area contributed by atoms with Gasteiger partial charge in [-0.25, -0.2) is 4.39 Å². The quantitative estimate of drug-likeness (QED) is 0.778. The molecule has 1 heterocycles. The van der Waals surface area contributed by atoms with E-state index in [1.807, 2.05) is 0 Å². The first-order valence-corrected chi connectivity index (χ1v) is 7.80. The zero-order chi connectivity index (χ0) is 18.9. The minimum absolute atomic E-state index is 0.104. The second-order valence-corrected chi connectivity index (χ2v) is 6.09. The number of benzene rings is 1. The third-order valence-corrected chi connectivity index (χ3v) is 4.03. The van der Waals surface area contributed by atoms with Crippen molar-refractivity contribution >= 4 is 17.3 Å². The van der Waals surface area contributed by atoms with E-state index in [0.717, 1.165) is 18.2 Å². The highest BCUT2D eigenvalue weighted by molar-refractivity contribution is 5.90. The molecule has 3 rings (SSSR count). The average molecular weight is 367 g/mol. The summed E-state index contributed by atoms with van der Waals surface area (Å²) in [6, 6.07) is 5.65. The fourth-order valence-electron chi connectivity index (χ4n) is 2.33. The van der Waals surface area contributed by atoms with E-state index >= 15 is 0 Å². The Balaban J connectivity index is 1.69. The number of halogens is 4. The van der Waals surface area contributed by atoms with E-state index < -0.39 is 28.8 Å². The van der Waals surface area contributed by atoms with Gasteiger partial charge in [-0.3, -0.25) is 9.78 Å². The first-order valence-electron chi connectivity index (χ1n) is 7.80. The molecule has 1 amide bonds. The number of hydrogen-bond acceptors (Lipinski definition) is 3.